The van der Waals surface area contributed by atoms with Gasteiger partial charge in [-0.15, -0.1) is 0 Å². The molecule has 0 aromatic rings. The molecule has 0 saturated heterocycles. The van der Waals surface area contributed by atoms with Crippen molar-refractivity contribution in [3.8, 4) is 0 Å². The Hall–Kier alpha value is -0.0800. The lowest BCUT2D eigenvalue weighted by atomic mass is 9.91. The zero-order chi connectivity index (χ0) is 11.1. The molecule has 0 aromatic carbocycles. The Balaban J connectivity index is 2.52. The van der Waals surface area contributed by atoms with E-state index in [1.165, 1.54) is 51.5 Å². The molecule has 1 fully saturated rings. The van der Waals surface area contributed by atoms with Crippen LogP contribution < -0.4 is 5.32 Å². The summed E-state index contributed by atoms with van der Waals surface area (Å²) < 4.78 is 0. The predicted octanol–water partition coefficient (Wildman–Crippen LogP) is 2.64. The van der Waals surface area contributed by atoms with E-state index in [4.69, 9.17) is 0 Å². The van der Waals surface area contributed by atoms with Crippen LogP contribution in [0.15, 0.2) is 0 Å². The van der Waals surface area contributed by atoms with Gasteiger partial charge in [-0.3, -0.25) is 0 Å². The second kappa shape index (κ2) is 7.24. The van der Waals surface area contributed by atoms with E-state index in [9.17, 15) is 0 Å². The van der Waals surface area contributed by atoms with Crippen molar-refractivity contribution in [3.63, 3.8) is 0 Å². The van der Waals surface area contributed by atoms with E-state index in [2.05, 4.69) is 31.2 Å². The van der Waals surface area contributed by atoms with E-state index in [0.717, 1.165) is 6.04 Å². The van der Waals surface area contributed by atoms with Crippen molar-refractivity contribution in [2.24, 2.45) is 0 Å². The Labute approximate surface area is 95.4 Å². The SMILES string of the molecule is CCCN(C)C1CCCCCCC1NC. The fraction of sp³-hybridized carbons (Fsp3) is 1.00. The van der Waals surface area contributed by atoms with E-state index in [1.807, 2.05) is 0 Å². The third kappa shape index (κ3) is 4.12. The average Bonchev–Trinajstić information content (AvgIpc) is 2.18. The van der Waals surface area contributed by atoms with E-state index < -0.39 is 0 Å². The number of hydrogen-bond donors (Lipinski definition) is 1. The first-order valence-corrected chi connectivity index (χ1v) is 6.67. The first-order chi connectivity index (χ1) is 7.29. The van der Waals surface area contributed by atoms with Crippen molar-refractivity contribution in [2.45, 2.75) is 64.0 Å². The Morgan fingerprint density at radius 2 is 1.80 bits per heavy atom. The molecular formula is C13H28N2. The second-order valence-corrected chi connectivity index (χ2v) is 4.93. The van der Waals surface area contributed by atoms with Gasteiger partial charge in [0.2, 0.25) is 0 Å². The third-order valence-corrected chi connectivity index (χ3v) is 3.74. The molecule has 1 aliphatic rings. The molecule has 1 rings (SSSR count). The molecule has 0 spiro atoms. The summed E-state index contributed by atoms with van der Waals surface area (Å²) in [6, 6.07) is 1.47. The summed E-state index contributed by atoms with van der Waals surface area (Å²) in [5, 5.41) is 3.52. The maximum absolute atomic E-state index is 3.52. The standard InChI is InChI=1S/C13H28N2/c1-4-11-15(3)13-10-8-6-5-7-9-12(13)14-2/h12-14H,4-11H2,1-3H3. The summed E-state index contributed by atoms with van der Waals surface area (Å²) in [7, 11) is 4.42. The second-order valence-electron chi connectivity index (χ2n) is 4.93. The van der Waals surface area contributed by atoms with Crippen LogP contribution in [0.3, 0.4) is 0 Å². The van der Waals surface area contributed by atoms with Crippen molar-refractivity contribution < 1.29 is 0 Å². The molecule has 0 bridgehead atoms. The molecule has 15 heavy (non-hydrogen) atoms. The Bertz CT molecular complexity index is 159. The molecule has 1 saturated carbocycles. The minimum absolute atomic E-state index is 0.710. The number of rotatable bonds is 4. The zero-order valence-corrected chi connectivity index (χ0v) is 10.8. The third-order valence-electron chi connectivity index (χ3n) is 3.74. The average molecular weight is 212 g/mol. The first kappa shape index (κ1) is 13.0. The fourth-order valence-corrected chi connectivity index (χ4v) is 2.85. The molecule has 1 aliphatic carbocycles. The van der Waals surface area contributed by atoms with Crippen LogP contribution in [0.25, 0.3) is 0 Å². The van der Waals surface area contributed by atoms with Crippen molar-refractivity contribution >= 4 is 0 Å². The normalized spacial score (nSPS) is 28.8. The maximum Gasteiger partial charge on any atom is 0.0246 e. The first-order valence-electron chi connectivity index (χ1n) is 6.67. The minimum atomic E-state index is 0.710. The van der Waals surface area contributed by atoms with Gasteiger partial charge < -0.3 is 10.2 Å². The summed E-state index contributed by atoms with van der Waals surface area (Å²) in [5.41, 5.74) is 0. The van der Waals surface area contributed by atoms with Gasteiger partial charge in [-0.1, -0.05) is 32.6 Å². The molecule has 2 atom stereocenters. The van der Waals surface area contributed by atoms with E-state index >= 15 is 0 Å². The van der Waals surface area contributed by atoms with Crippen molar-refractivity contribution in [1.82, 2.24) is 10.2 Å². The molecule has 1 N–H and O–H groups in total. The summed E-state index contributed by atoms with van der Waals surface area (Å²) in [6.07, 6.45) is 9.69. The van der Waals surface area contributed by atoms with Gasteiger partial charge in [0.1, 0.15) is 0 Å². The fourth-order valence-electron chi connectivity index (χ4n) is 2.85. The van der Waals surface area contributed by atoms with Gasteiger partial charge >= 0.3 is 0 Å². The molecule has 2 nitrogen and oxygen atoms in total. The smallest absolute Gasteiger partial charge is 0.0246 e. The van der Waals surface area contributed by atoms with Crippen LogP contribution in [0.1, 0.15) is 51.9 Å². The largest absolute Gasteiger partial charge is 0.315 e. The van der Waals surface area contributed by atoms with Crippen molar-refractivity contribution in [2.75, 3.05) is 20.6 Å². The van der Waals surface area contributed by atoms with Gasteiger partial charge in [-0.2, -0.15) is 0 Å². The monoisotopic (exact) mass is 212 g/mol. The van der Waals surface area contributed by atoms with Crippen LogP contribution in [0, 0.1) is 0 Å². The summed E-state index contributed by atoms with van der Waals surface area (Å²) in [4.78, 5) is 2.56. The Morgan fingerprint density at radius 3 is 2.40 bits per heavy atom. The molecule has 2 heteroatoms. The van der Waals surface area contributed by atoms with Gasteiger partial charge in [0, 0.05) is 12.1 Å². The quantitative estimate of drug-likeness (QED) is 0.770. The van der Waals surface area contributed by atoms with Gasteiger partial charge in [0.05, 0.1) is 0 Å². The lowest BCUT2D eigenvalue weighted by Gasteiger charge is -2.36. The molecule has 0 heterocycles. The highest BCUT2D eigenvalue weighted by Crippen LogP contribution is 2.21. The molecule has 90 valence electrons. The Morgan fingerprint density at radius 1 is 1.13 bits per heavy atom. The van der Waals surface area contributed by atoms with Gasteiger partial charge in [0.25, 0.3) is 0 Å². The number of nitrogens with zero attached hydrogens (tertiary/aromatic N) is 1. The van der Waals surface area contributed by atoms with Crippen LogP contribution in [0.4, 0.5) is 0 Å². The van der Waals surface area contributed by atoms with Gasteiger partial charge in [0.15, 0.2) is 0 Å². The summed E-state index contributed by atoms with van der Waals surface area (Å²) >= 11 is 0. The topological polar surface area (TPSA) is 15.3 Å². The zero-order valence-electron chi connectivity index (χ0n) is 10.8. The predicted molar refractivity (Wildman–Crippen MR) is 67.3 cm³/mol. The highest BCUT2D eigenvalue weighted by molar-refractivity contribution is 4.83. The van der Waals surface area contributed by atoms with Gasteiger partial charge in [-0.05, 0) is 39.9 Å². The maximum atomic E-state index is 3.52. The number of nitrogens with one attached hydrogen (secondary N) is 1. The number of likely N-dealkylation sites (N-methyl/N-ethyl adjacent to an activating group) is 2. The van der Waals surface area contributed by atoms with E-state index in [0.29, 0.717) is 6.04 Å². The molecule has 0 aliphatic heterocycles. The van der Waals surface area contributed by atoms with Crippen LogP contribution in [-0.4, -0.2) is 37.6 Å². The molecule has 0 radical (unpaired) electrons. The molecule has 0 amide bonds. The van der Waals surface area contributed by atoms with Crippen molar-refractivity contribution in [3.05, 3.63) is 0 Å². The van der Waals surface area contributed by atoms with E-state index in [1.54, 1.807) is 0 Å². The van der Waals surface area contributed by atoms with Crippen LogP contribution in [0.5, 0.6) is 0 Å². The highest BCUT2D eigenvalue weighted by Gasteiger charge is 2.24. The molecule has 0 aromatic heterocycles. The molecular weight excluding hydrogens is 184 g/mol. The van der Waals surface area contributed by atoms with Crippen LogP contribution >= 0.6 is 0 Å². The van der Waals surface area contributed by atoms with E-state index in [-0.39, 0.29) is 0 Å². The summed E-state index contributed by atoms with van der Waals surface area (Å²) in [5.74, 6) is 0. The summed E-state index contributed by atoms with van der Waals surface area (Å²) in [6.45, 7) is 3.51. The Kier molecular flexibility index (Phi) is 6.26. The number of hydrogen-bond acceptors (Lipinski definition) is 2. The van der Waals surface area contributed by atoms with Crippen LogP contribution in [-0.2, 0) is 0 Å². The van der Waals surface area contributed by atoms with Gasteiger partial charge in [-0.25, -0.2) is 0 Å². The van der Waals surface area contributed by atoms with Crippen LogP contribution in [0.2, 0.25) is 0 Å². The lowest BCUT2D eigenvalue weighted by molar-refractivity contribution is 0.167. The lowest BCUT2D eigenvalue weighted by Crippen LogP contribution is -2.48. The highest BCUT2D eigenvalue weighted by atomic mass is 15.2. The minimum Gasteiger partial charge on any atom is -0.315 e. The molecule has 2 unspecified atom stereocenters. The van der Waals surface area contributed by atoms with Crippen molar-refractivity contribution in [1.29, 1.82) is 0 Å².